The number of nitrogens with one attached hydrogen (secondary N) is 1. The predicted octanol–water partition coefficient (Wildman–Crippen LogP) is 3.84. The normalized spacial score (nSPS) is 10.7. The van der Waals surface area contributed by atoms with Crippen LogP contribution in [0, 0.1) is 5.82 Å². The number of rotatable bonds is 9. The summed E-state index contributed by atoms with van der Waals surface area (Å²) < 4.78 is 34.7. The topological polar surface area (TPSA) is 65.8 Å². The SMILES string of the molecule is COc1ccc(CNCCc2coc(-c3ccc(F)cc3)n2)c(OC)c1OC. The molecule has 0 amide bonds. The van der Waals surface area contributed by atoms with Crippen molar-refractivity contribution < 1.29 is 23.0 Å². The van der Waals surface area contributed by atoms with Gasteiger partial charge in [0, 0.05) is 30.6 Å². The summed E-state index contributed by atoms with van der Waals surface area (Å²) in [7, 11) is 4.78. The minimum Gasteiger partial charge on any atom is -0.493 e. The zero-order valence-electron chi connectivity index (χ0n) is 16.1. The summed E-state index contributed by atoms with van der Waals surface area (Å²) in [6.07, 6.45) is 2.32. The average Bonchev–Trinajstić information content (AvgIpc) is 3.19. The van der Waals surface area contributed by atoms with Gasteiger partial charge in [0.05, 0.1) is 27.0 Å². The Morgan fingerprint density at radius 2 is 1.71 bits per heavy atom. The fraction of sp³-hybridized carbons (Fsp3) is 0.286. The molecule has 0 saturated heterocycles. The van der Waals surface area contributed by atoms with Crippen LogP contribution >= 0.6 is 0 Å². The molecule has 0 bridgehead atoms. The molecule has 28 heavy (non-hydrogen) atoms. The summed E-state index contributed by atoms with van der Waals surface area (Å²) in [6.45, 7) is 1.30. The molecule has 148 valence electrons. The van der Waals surface area contributed by atoms with Crippen LogP contribution in [0.3, 0.4) is 0 Å². The molecule has 3 rings (SSSR count). The Balaban J connectivity index is 1.57. The lowest BCUT2D eigenvalue weighted by atomic mass is 10.1. The fourth-order valence-corrected chi connectivity index (χ4v) is 2.89. The number of hydrogen-bond donors (Lipinski definition) is 1. The summed E-state index contributed by atoms with van der Waals surface area (Å²) in [5, 5.41) is 3.36. The second-order valence-corrected chi connectivity index (χ2v) is 6.07. The number of methoxy groups -OCH3 is 3. The Kier molecular flexibility index (Phi) is 6.49. The summed E-state index contributed by atoms with van der Waals surface area (Å²) >= 11 is 0. The van der Waals surface area contributed by atoms with Crippen LogP contribution in [0.5, 0.6) is 17.2 Å². The van der Waals surface area contributed by atoms with Gasteiger partial charge in [-0.1, -0.05) is 6.07 Å². The summed E-state index contributed by atoms with van der Waals surface area (Å²) in [5.74, 6) is 2.04. The van der Waals surface area contributed by atoms with E-state index in [0.29, 0.717) is 42.6 Å². The van der Waals surface area contributed by atoms with Crippen LogP contribution in [0.25, 0.3) is 11.5 Å². The van der Waals surface area contributed by atoms with Crippen LogP contribution in [0.4, 0.5) is 4.39 Å². The van der Waals surface area contributed by atoms with Crippen LogP contribution in [0.1, 0.15) is 11.3 Å². The maximum atomic E-state index is 13.0. The molecule has 0 saturated carbocycles. The van der Waals surface area contributed by atoms with Crippen molar-refractivity contribution >= 4 is 0 Å². The average molecular weight is 386 g/mol. The van der Waals surface area contributed by atoms with Crippen molar-refractivity contribution in [2.24, 2.45) is 0 Å². The maximum absolute atomic E-state index is 13.0. The molecule has 0 fully saturated rings. The van der Waals surface area contributed by atoms with E-state index in [-0.39, 0.29) is 5.82 Å². The van der Waals surface area contributed by atoms with E-state index in [0.717, 1.165) is 16.8 Å². The van der Waals surface area contributed by atoms with Crippen LogP contribution in [0.2, 0.25) is 0 Å². The van der Waals surface area contributed by atoms with Crippen molar-refractivity contribution in [1.29, 1.82) is 0 Å². The van der Waals surface area contributed by atoms with Gasteiger partial charge >= 0.3 is 0 Å². The highest BCUT2D eigenvalue weighted by Gasteiger charge is 2.15. The highest BCUT2D eigenvalue weighted by Crippen LogP contribution is 2.39. The van der Waals surface area contributed by atoms with E-state index in [4.69, 9.17) is 18.6 Å². The van der Waals surface area contributed by atoms with E-state index >= 15 is 0 Å². The third-order valence-electron chi connectivity index (χ3n) is 4.30. The largest absolute Gasteiger partial charge is 0.493 e. The first-order chi connectivity index (χ1) is 13.7. The van der Waals surface area contributed by atoms with Gasteiger partial charge < -0.3 is 23.9 Å². The molecule has 1 N–H and O–H groups in total. The van der Waals surface area contributed by atoms with E-state index < -0.39 is 0 Å². The third-order valence-corrected chi connectivity index (χ3v) is 4.30. The molecule has 7 heteroatoms. The lowest BCUT2D eigenvalue weighted by molar-refractivity contribution is 0.321. The molecular formula is C21H23FN2O4. The molecule has 0 unspecified atom stereocenters. The molecule has 0 aliphatic carbocycles. The number of hydrogen-bond acceptors (Lipinski definition) is 6. The van der Waals surface area contributed by atoms with Crippen molar-refractivity contribution in [2.75, 3.05) is 27.9 Å². The molecule has 6 nitrogen and oxygen atoms in total. The van der Waals surface area contributed by atoms with E-state index in [1.807, 2.05) is 12.1 Å². The zero-order chi connectivity index (χ0) is 19.9. The summed E-state index contributed by atoms with van der Waals surface area (Å²) in [4.78, 5) is 4.45. The highest BCUT2D eigenvalue weighted by molar-refractivity contribution is 5.55. The van der Waals surface area contributed by atoms with Gasteiger partial charge in [0.15, 0.2) is 11.5 Å². The first-order valence-electron chi connectivity index (χ1n) is 8.85. The molecular weight excluding hydrogens is 363 g/mol. The van der Waals surface area contributed by atoms with Crippen LogP contribution in [-0.2, 0) is 13.0 Å². The maximum Gasteiger partial charge on any atom is 0.226 e. The number of aromatic nitrogens is 1. The summed E-state index contributed by atoms with van der Waals surface area (Å²) in [6, 6.07) is 9.86. The first-order valence-corrected chi connectivity index (χ1v) is 8.85. The Hall–Kier alpha value is -3.06. The molecule has 0 aliphatic heterocycles. The van der Waals surface area contributed by atoms with Gasteiger partial charge in [0.1, 0.15) is 12.1 Å². The number of benzene rings is 2. The van der Waals surface area contributed by atoms with E-state index in [2.05, 4.69) is 10.3 Å². The van der Waals surface area contributed by atoms with E-state index in [9.17, 15) is 4.39 Å². The Bertz CT molecular complexity index is 909. The molecule has 3 aromatic rings. The van der Waals surface area contributed by atoms with Crippen LogP contribution in [0.15, 0.2) is 47.1 Å². The third kappa shape index (κ3) is 4.43. The molecule has 2 aromatic carbocycles. The molecule has 0 spiro atoms. The molecule has 1 heterocycles. The van der Waals surface area contributed by atoms with Gasteiger partial charge in [-0.15, -0.1) is 0 Å². The van der Waals surface area contributed by atoms with E-state index in [1.165, 1.54) is 12.1 Å². The highest BCUT2D eigenvalue weighted by atomic mass is 19.1. The van der Waals surface area contributed by atoms with Crippen molar-refractivity contribution in [3.05, 3.63) is 59.7 Å². The first kappa shape index (κ1) is 19.7. The standard InChI is InChI=1S/C21H23FN2O4/c1-25-18-9-6-15(19(26-2)20(18)27-3)12-23-11-10-17-13-28-21(24-17)14-4-7-16(22)8-5-14/h4-9,13,23H,10-12H2,1-3H3. The van der Waals surface area contributed by atoms with E-state index in [1.54, 1.807) is 39.7 Å². The molecule has 0 aliphatic rings. The van der Waals surface area contributed by atoms with Crippen molar-refractivity contribution in [3.63, 3.8) is 0 Å². The minimum atomic E-state index is -0.287. The predicted molar refractivity (Wildman–Crippen MR) is 103 cm³/mol. The number of halogens is 1. The molecule has 0 atom stereocenters. The second-order valence-electron chi connectivity index (χ2n) is 6.07. The van der Waals surface area contributed by atoms with Crippen molar-refractivity contribution in [2.45, 2.75) is 13.0 Å². The van der Waals surface area contributed by atoms with Crippen molar-refractivity contribution in [1.82, 2.24) is 10.3 Å². The number of ether oxygens (including phenoxy) is 3. The number of nitrogens with zero attached hydrogens (tertiary/aromatic N) is 1. The van der Waals surface area contributed by atoms with Crippen LogP contribution in [-0.4, -0.2) is 32.9 Å². The van der Waals surface area contributed by atoms with Crippen molar-refractivity contribution in [3.8, 4) is 28.7 Å². The zero-order valence-corrected chi connectivity index (χ0v) is 16.1. The molecule has 0 radical (unpaired) electrons. The Morgan fingerprint density at radius 3 is 2.39 bits per heavy atom. The monoisotopic (exact) mass is 386 g/mol. The lowest BCUT2D eigenvalue weighted by Gasteiger charge is -2.16. The van der Waals surface area contributed by atoms with Crippen LogP contribution < -0.4 is 19.5 Å². The fourth-order valence-electron chi connectivity index (χ4n) is 2.89. The summed E-state index contributed by atoms with van der Waals surface area (Å²) in [5.41, 5.74) is 2.54. The van der Waals surface area contributed by atoms with Gasteiger partial charge in [-0.25, -0.2) is 9.37 Å². The van der Waals surface area contributed by atoms with Gasteiger partial charge in [-0.3, -0.25) is 0 Å². The molecule has 1 aromatic heterocycles. The lowest BCUT2D eigenvalue weighted by Crippen LogP contribution is -2.17. The van der Waals surface area contributed by atoms with Gasteiger partial charge in [0.2, 0.25) is 11.6 Å². The quantitative estimate of drug-likeness (QED) is 0.564. The van der Waals surface area contributed by atoms with Gasteiger partial charge in [-0.05, 0) is 30.3 Å². The smallest absolute Gasteiger partial charge is 0.226 e. The van der Waals surface area contributed by atoms with Gasteiger partial charge in [-0.2, -0.15) is 0 Å². The minimum absolute atomic E-state index is 0.287. The number of oxazole rings is 1. The Labute approximate surface area is 163 Å². The van der Waals surface area contributed by atoms with Gasteiger partial charge in [0.25, 0.3) is 0 Å². The second kappa shape index (κ2) is 9.23. The Morgan fingerprint density at radius 1 is 0.964 bits per heavy atom.